The first-order chi connectivity index (χ1) is 15.1. The number of carbonyl (C=O) groups is 2. The SMILES string of the molecule is C[C@@H]1C[C@@H](C)CN(S(=O)(=O)c2ccc(C(=O)OCC(=O)Nc3ncc(Cl)cc3Cl)cc2)C1. The van der Waals surface area contributed by atoms with Crippen LogP contribution in [0.15, 0.2) is 41.4 Å². The third kappa shape index (κ3) is 5.98. The minimum Gasteiger partial charge on any atom is -0.452 e. The van der Waals surface area contributed by atoms with Gasteiger partial charge in [0.1, 0.15) is 0 Å². The third-order valence-corrected chi connectivity index (χ3v) is 7.30. The van der Waals surface area contributed by atoms with Gasteiger partial charge in [-0.05, 0) is 48.6 Å². The van der Waals surface area contributed by atoms with Crippen molar-refractivity contribution in [3.8, 4) is 0 Å². The molecule has 2 atom stereocenters. The van der Waals surface area contributed by atoms with E-state index in [9.17, 15) is 18.0 Å². The first kappa shape index (κ1) is 24.4. The normalized spacial score (nSPS) is 19.4. The van der Waals surface area contributed by atoms with E-state index >= 15 is 0 Å². The molecule has 1 aliphatic heterocycles. The van der Waals surface area contributed by atoms with E-state index in [0.29, 0.717) is 18.1 Å². The second-order valence-electron chi connectivity index (χ2n) is 7.90. The highest BCUT2D eigenvalue weighted by atomic mass is 35.5. The van der Waals surface area contributed by atoms with E-state index in [1.54, 1.807) is 0 Å². The summed E-state index contributed by atoms with van der Waals surface area (Å²) in [5, 5.41) is 2.87. The number of pyridine rings is 1. The predicted molar refractivity (Wildman–Crippen MR) is 121 cm³/mol. The Hall–Kier alpha value is -2.20. The number of hydrogen-bond donors (Lipinski definition) is 1. The van der Waals surface area contributed by atoms with Crippen LogP contribution in [0.1, 0.15) is 30.6 Å². The Morgan fingerprint density at radius 1 is 1.16 bits per heavy atom. The standard InChI is InChI=1S/C21H23Cl2N3O5S/c1-13-7-14(2)11-26(10-13)32(29,30)17-5-3-15(4-6-17)21(28)31-12-19(27)25-20-18(23)8-16(22)9-24-20/h3-6,8-9,13-14H,7,10-12H2,1-2H3,(H,24,25,27)/t13-,14-/m1/s1. The zero-order valence-corrected chi connectivity index (χ0v) is 19.9. The van der Waals surface area contributed by atoms with Crippen LogP contribution in [0.3, 0.4) is 0 Å². The molecule has 8 nitrogen and oxygen atoms in total. The summed E-state index contributed by atoms with van der Waals surface area (Å²) >= 11 is 11.7. The molecule has 1 fully saturated rings. The van der Waals surface area contributed by atoms with Crippen LogP contribution in [0.2, 0.25) is 10.0 Å². The number of amides is 1. The van der Waals surface area contributed by atoms with Crippen LogP contribution in [-0.2, 0) is 19.6 Å². The number of nitrogens with zero attached hydrogens (tertiary/aromatic N) is 2. The molecule has 1 aromatic heterocycles. The Labute approximate surface area is 196 Å². The zero-order chi connectivity index (χ0) is 23.5. The topological polar surface area (TPSA) is 106 Å². The van der Waals surface area contributed by atoms with Crippen LogP contribution >= 0.6 is 23.2 Å². The lowest BCUT2D eigenvalue weighted by Crippen LogP contribution is -2.42. The van der Waals surface area contributed by atoms with E-state index in [1.807, 2.05) is 13.8 Å². The third-order valence-electron chi connectivity index (χ3n) is 4.96. The van der Waals surface area contributed by atoms with E-state index in [2.05, 4.69) is 10.3 Å². The molecule has 1 amide bonds. The van der Waals surface area contributed by atoms with Gasteiger partial charge in [-0.25, -0.2) is 18.2 Å². The smallest absolute Gasteiger partial charge is 0.338 e. The summed E-state index contributed by atoms with van der Waals surface area (Å²) in [5.74, 6) is -0.742. The van der Waals surface area contributed by atoms with Gasteiger partial charge in [-0.1, -0.05) is 37.0 Å². The monoisotopic (exact) mass is 499 g/mol. The molecule has 0 bridgehead atoms. The molecule has 0 radical (unpaired) electrons. The Morgan fingerprint density at radius 3 is 2.38 bits per heavy atom. The minimum absolute atomic E-state index is 0.0908. The largest absolute Gasteiger partial charge is 0.452 e. The van der Waals surface area contributed by atoms with Crippen molar-refractivity contribution in [2.45, 2.75) is 25.2 Å². The lowest BCUT2D eigenvalue weighted by atomic mass is 9.94. The van der Waals surface area contributed by atoms with E-state index in [4.69, 9.17) is 27.9 Å². The van der Waals surface area contributed by atoms with Crippen LogP contribution in [-0.4, -0.2) is 49.3 Å². The Kier molecular flexibility index (Phi) is 7.76. The fraction of sp³-hybridized carbons (Fsp3) is 0.381. The second-order valence-corrected chi connectivity index (χ2v) is 10.7. The summed E-state index contributed by atoms with van der Waals surface area (Å²) < 4.78 is 32.3. The van der Waals surface area contributed by atoms with Crippen molar-refractivity contribution in [3.05, 3.63) is 52.1 Å². The van der Waals surface area contributed by atoms with Crippen LogP contribution in [0.25, 0.3) is 0 Å². The first-order valence-corrected chi connectivity index (χ1v) is 12.1. The molecule has 2 heterocycles. The Bertz CT molecular complexity index is 1100. The average Bonchev–Trinajstić information content (AvgIpc) is 2.73. The highest BCUT2D eigenvalue weighted by Crippen LogP contribution is 2.27. The maximum Gasteiger partial charge on any atom is 0.338 e. The summed E-state index contributed by atoms with van der Waals surface area (Å²) in [6.45, 7) is 4.44. The lowest BCUT2D eigenvalue weighted by molar-refractivity contribution is -0.119. The summed E-state index contributed by atoms with van der Waals surface area (Å²) in [6.07, 6.45) is 2.31. The maximum atomic E-state index is 12.9. The number of benzene rings is 1. The average molecular weight is 500 g/mol. The van der Waals surface area contributed by atoms with Crippen molar-refractivity contribution in [3.63, 3.8) is 0 Å². The number of carbonyl (C=O) groups excluding carboxylic acids is 2. The molecular weight excluding hydrogens is 477 g/mol. The van der Waals surface area contributed by atoms with Crippen LogP contribution in [0.5, 0.6) is 0 Å². The predicted octanol–water partition coefficient (Wildman–Crippen LogP) is 3.85. The number of hydrogen-bond acceptors (Lipinski definition) is 6. The van der Waals surface area contributed by atoms with Crippen LogP contribution in [0.4, 0.5) is 5.82 Å². The number of piperidine rings is 1. The highest BCUT2D eigenvalue weighted by Gasteiger charge is 2.31. The molecule has 172 valence electrons. The van der Waals surface area contributed by atoms with E-state index in [0.717, 1.165) is 6.42 Å². The van der Waals surface area contributed by atoms with Crippen molar-refractivity contribution < 1.29 is 22.7 Å². The van der Waals surface area contributed by atoms with Crippen molar-refractivity contribution >= 4 is 50.9 Å². The Morgan fingerprint density at radius 2 is 1.78 bits per heavy atom. The summed E-state index contributed by atoms with van der Waals surface area (Å²) in [5.41, 5.74) is 0.125. The second kappa shape index (κ2) is 10.2. The van der Waals surface area contributed by atoms with Gasteiger partial charge in [0.2, 0.25) is 10.0 Å². The molecule has 0 unspecified atom stereocenters. The van der Waals surface area contributed by atoms with Gasteiger partial charge in [0.05, 0.1) is 20.5 Å². The van der Waals surface area contributed by atoms with Gasteiger partial charge in [-0.2, -0.15) is 4.31 Å². The van der Waals surface area contributed by atoms with Crippen molar-refractivity contribution in [2.24, 2.45) is 11.8 Å². The van der Waals surface area contributed by atoms with E-state index in [-0.39, 0.29) is 33.1 Å². The van der Waals surface area contributed by atoms with Gasteiger partial charge in [-0.15, -0.1) is 0 Å². The molecule has 0 aliphatic carbocycles. The fourth-order valence-electron chi connectivity index (χ4n) is 3.60. The van der Waals surface area contributed by atoms with Crippen molar-refractivity contribution in [2.75, 3.05) is 25.0 Å². The molecule has 0 saturated carbocycles. The number of sulfonamides is 1. The summed E-state index contributed by atoms with van der Waals surface area (Å²) in [4.78, 5) is 28.2. The zero-order valence-electron chi connectivity index (χ0n) is 17.5. The van der Waals surface area contributed by atoms with E-state index < -0.39 is 28.5 Å². The van der Waals surface area contributed by atoms with Gasteiger partial charge in [0.25, 0.3) is 5.91 Å². The number of anilines is 1. The molecule has 1 aliphatic rings. The van der Waals surface area contributed by atoms with Gasteiger partial charge in [0, 0.05) is 19.3 Å². The van der Waals surface area contributed by atoms with Gasteiger partial charge in [0.15, 0.2) is 12.4 Å². The maximum absolute atomic E-state index is 12.9. The number of aromatic nitrogens is 1. The molecule has 1 saturated heterocycles. The molecular formula is C21H23Cl2N3O5S. The Balaban J connectivity index is 1.59. The quantitative estimate of drug-likeness (QED) is 0.604. The van der Waals surface area contributed by atoms with Crippen molar-refractivity contribution in [1.29, 1.82) is 0 Å². The highest BCUT2D eigenvalue weighted by molar-refractivity contribution is 7.89. The first-order valence-electron chi connectivity index (χ1n) is 9.94. The molecule has 2 aromatic rings. The number of ether oxygens (including phenoxy) is 1. The molecule has 11 heteroatoms. The molecule has 0 spiro atoms. The van der Waals surface area contributed by atoms with E-state index in [1.165, 1.54) is 40.8 Å². The number of esters is 1. The summed E-state index contributed by atoms with van der Waals surface area (Å²) in [7, 11) is -3.65. The fourth-order valence-corrected chi connectivity index (χ4v) is 5.71. The molecule has 32 heavy (non-hydrogen) atoms. The van der Waals surface area contributed by atoms with Crippen LogP contribution in [0, 0.1) is 11.8 Å². The molecule has 3 rings (SSSR count). The van der Waals surface area contributed by atoms with Crippen LogP contribution < -0.4 is 5.32 Å². The number of halogens is 2. The lowest BCUT2D eigenvalue weighted by Gasteiger charge is -2.34. The minimum atomic E-state index is -3.65. The van der Waals surface area contributed by atoms with Gasteiger partial charge >= 0.3 is 5.97 Å². The summed E-state index contributed by atoms with van der Waals surface area (Å²) in [6, 6.07) is 6.88. The van der Waals surface area contributed by atoms with Gasteiger partial charge < -0.3 is 10.1 Å². The molecule has 1 N–H and O–H groups in total. The molecule has 1 aromatic carbocycles. The number of rotatable bonds is 6. The van der Waals surface area contributed by atoms with Crippen molar-refractivity contribution in [1.82, 2.24) is 9.29 Å². The number of nitrogens with one attached hydrogen (secondary N) is 1. The van der Waals surface area contributed by atoms with Gasteiger partial charge in [-0.3, -0.25) is 4.79 Å².